The zero-order valence-corrected chi connectivity index (χ0v) is 27.2. The fraction of sp³-hybridized carbons (Fsp3) is 0.353. The minimum Gasteiger partial charge on any atom is -0.550 e. The second kappa shape index (κ2) is 12.9. The van der Waals surface area contributed by atoms with Crippen LogP contribution in [0.1, 0.15) is 71.2 Å². The summed E-state index contributed by atoms with van der Waals surface area (Å²) in [5.74, 6) is -2.39. The Hall–Kier alpha value is -4.35. The van der Waals surface area contributed by atoms with Crippen molar-refractivity contribution < 1.29 is 36.6 Å². The predicted octanol–water partition coefficient (Wildman–Crippen LogP) is 3.18. The van der Waals surface area contributed by atoms with E-state index in [9.17, 15) is 29.4 Å². The van der Waals surface area contributed by atoms with Gasteiger partial charge in [0, 0.05) is 34.0 Å². The minimum atomic E-state index is -1.21. The number of fused-ring (bicyclic) bond motifs is 8. The number of H-pyrrole nitrogens is 4. The Morgan fingerprint density at radius 2 is 0.933 bits per heavy atom. The molecule has 0 atom stereocenters. The molecule has 0 aliphatic carbocycles. The summed E-state index contributed by atoms with van der Waals surface area (Å²) >= 11 is 0. The molecule has 1 radical (unpaired) electrons. The molecule has 8 bridgehead atoms. The maximum atomic E-state index is 14.2. The second-order valence-electron chi connectivity index (χ2n) is 11.5. The Bertz CT molecular complexity index is 2200. The van der Waals surface area contributed by atoms with Gasteiger partial charge in [-0.3, -0.25) is 9.59 Å². The van der Waals surface area contributed by atoms with E-state index in [1.807, 2.05) is 40.7 Å². The number of aromatic amines is 4. The van der Waals surface area contributed by atoms with Crippen LogP contribution in [0.3, 0.4) is 0 Å². The molecular weight excluding hydrogens is 619 g/mol. The van der Waals surface area contributed by atoms with Gasteiger partial charge < -0.3 is 39.7 Å². The van der Waals surface area contributed by atoms with Gasteiger partial charge in [0.1, 0.15) is 0 Å². The first kappa shape index (κ1) is 33.5. The van der Waals surface area contributed by atoms with Crippen LogP contribution in [-0.2, 0) is 52.1 Å². The molecule has 0 fully saturated rings. The van der Waals surface area contributed by atoms with Crippen LogP contribution in [0.2, 0.25) is 0 Å². The Morgan fingerprint density at radius 3 is 1.49 bits per heavy atom. The first-order valence-electron chi connectivity index (χ1n) is 14.9. The first-order chi connectivity index (χ1) is 20.9. The van der Waals surface area contributed by atoms with E-state index in [4.69, 9.17) is 0 Å². The number of carbonyl (C=O) groups is 2. The van der Waals surface area contributed by atoms with Gasteiger partial charge in [0.05, 0.1) is 22.1 Å². The average molecular weight is 656 g/mol. The standard InChI is InChI=1S/C34H38N4O6.Co/c1-7-19-15(3)24-13-23-16(4)21(9-11-27(39)40)25(35-23)14-26-22(10-12-28(41)42)18(6)29(37-26)33(43)32-20(8-2)17(5)30(38-32)34(44)31(19)36-24;/h13-14,35-38H,7-12H2,1-6H3,(H,39,40)(H,41,42);/q;+2/p-2. The largest absolute Gasteiger partial charge is 2.00 e. The summed E-state index contributed by atoms with van der Waals surface area (Å²) in [4.78, 5) is 64.3. The van der Waals surface area contributed by atoms with Gasteiger partial charge in [-0.2, -0.15) is 0 Å². The van der Waals surface area contributed by atoms with Crippen LogP contribution >= 0.6 is 0 Å². The zero-order chi connectivity index (χ0) is 32.0. The van der Waals surface area contributed by atoms with E-state index in [0.29, 0.717) is 57.1 Å². The Morgan fingerprint density at radius 1 is 0.556 bits per heavy atom. The molecular formula is C34H36CoN4O6. The maximum Gasteiger partial charge on any atom is 2.00 e. The molecule has 5 aromatic heterocycles. The van der Waals surface area contributed by atoms with Crippen LogP contribution in [0, 0.1) is 27.7 Å². The summed E-state index contributed by atoms with van der Waals surface area (Å²) in [5, 5.41) is 22.9. The van der Waals surface area contributed by atoms with E-state index in [1.165, 1.54) is 0 Å². The number of nitrogens with one attached hydrogen (secondary N) is 4. The van der Waals surface area contributed by atoms with Crippen molar-refractivity contribution in [1.82, 2.24) is 19.9 Å². The van der Waals surface area contributed by atoms with Crippen LogP contribution in [0.25, 0.3) is 44.1 Å². The summed E-state index contributed by atoms with van der Waals surface area (Å²) in [6, 6.07) is 3.72. The fourth-order valence-corrected chi connectivity index (χ4v) is 6.52. The van der Waals surface area contributed by atoms with Gasteiger partial charge in [0.25, 0.3) is 0 Å². The van der Waals surface area contributed by atoms with E-state index in [-0.39, 0.29) is 58.8 Å². The molecule has 0 spiro atoms. The third-order valence-corrected chi connectivity index (χ3v) is 9.01. The number of hydrogen-bond donors (Lipinski definition) is 4. The van der Waals surface area contributed by atoms with Gasteiger partial charge in [0.2, 0.25) is 10.9 Å². The van der Waals surface area contributed by atoms with Crippen LogP contribution in [0.4, 0.5) is 0 Å². The molecule has 237 valence electrons. The Balaban J connectivity index is 0.00000461. The molecule has 45 heavy (non-hydrogen) atoms. The van der Waals surface area contributed by atoms with E-state index in [2.05, 4.69) is 19.9 Å². The second-order valence-corrected chi connectivity index (χ2v) is 11.5. The fourth-order valence-electron chi connectivity index (χ4n) is 6.52. The van der Waals surface area contributed by atoms with Crippen LogP contribution in [0.15, 0.2) is 21.7 Å². The smallest absolute Gasteiger partial charge is 0.550 e. The molecule has 10 nitrogen and oxygen atoms in total. The zero-order valence-electron chi connectivity index (χ0n) is 26.2. The van der Waals surface area contributed by atoms with Gasteiger partial charge in [-0.1, -0.05) is 13.8 Å². The van der Waals surface area contributed by atoms with Crippen molar-refractivity contribution in [2.24, 2.45) is 0 Å². The number of rotatable bonds is 8. The van der Waals surface area contributed by atoms with Gasteiger partial charge in [-0.25, -0.2) is 0 Å². The molecule has 11 heteroatoms. The summed E-state index contributed by atoms with van der Waals surface area (Å²) < 4.78 is 0. The van der Waals surface area contributed by atoms with Crippen molar-refractivity contribution in [2.75, 3.05) is 0 Å². The molecule has 5 rings (SSSR count). The van der Waals surface area contributed by atoms with Crippen LogP contribution in [-0.4, -0.2) is 31.9 Å². The van der Waals surface area contributed by atoms with Crippen molar-refractivity contribution in [3.63, 3.8) is 0 Å². The van der Waals surface area contributed by atoms with Gasteiger partial charge in [-0.15, -0.1) is 0 Å². The van der Waals surface area contributed by atoms with Crippen LogP contribution < -0.4 is 21.1 Å². The molecule has 0 saturated heterocycles. The average Bonchev–Trinajstić information content (AvgIpc) is 3.66. The number of aromatic nitrogens is 4. The predicted molar refractivity (Wildman–Crippen MR) is 168 cm³/mol. The van der Waals surface area contributed by atoms with E-state index >= 15 is 0 Å². The summed E-state index contributed by atoms with van der Waals surface area (Å²) in [5.41, 5.74) is 9.48. The third-order valence-electron chi connectivity index (χ3n) is 9.01. The topological polar surface area (TPSA) is 178 Å². The van der Waals surface area contributed by atoms with Gasteiger partial charge in [-0.05, 0) is 123 Å². The number of carbonyl (C=O) groups excluding carboxylic acids is 2. The third kappa shape index (κ3) is 5.89. The summed E-state index contributed by atoms with van der Waals surface area (Å²) in [6.07, 6.45) is 1.00. The monoisotopic (exact) mass is 655 g/mol. The minimum absolute atomic E-state index is 0. The van der Waals surface area contributed by atoms with Gasteiger partial charge >= 0.3 is 16.8 Å². The van der Waals surface area contributed by atoms with Gasteiger partial charge in [0.15, 0.2) is 0 Å². The van der Waals surface area contributed by atoms with Crippen molar-refractivity contribution in [3.05, 3.63) is 77.1 Å². The van der Waals surface area contributed by atoms with Crippen molar-refractivity contribution in [1.29, 1.82) is 0 Å². The number of carboxylic acid groups (broad SMARTS) is 2. The molecule has 5 heterocycles. The molecule has 0 amide bonds. The van der Waals surface area contributed by atoms with Crippen molar-refractivity contribution in [2.45, 2.75) is 80.1 Å². The molecule has 0 aliphatic heterocycles. The molecule has 0 aromatic carbocycles. The number of aryl methyl sites for hydroxylation is 8. The molecule has 4 N–H and O–H groups in total. The Kier molecular flexibility index (Phi) is 9.64. The SMILES string of the molecule is CCc1c(C)c2cc3[nH]c(cc4[nH]c(c(C)c4CCC(=O)[O-])c(=O)c4[nH]c(c(C)c4CC)c(=O)c1[nH]2)c(CCC(=O)[O-])c3C.[Co+2]. The summed E-state index contributed by atoms with van der Waals surface area (Å²) in [6.45, 7) is 11.4. The molecule has 0 saturated carbocycles. The quantitative estimate of drug-likeness (QED) is 0.200. The number of aliphatic carboxylic acids is 2. The van der Waals surface area contributed by atoms with E-state index in [0.717, 1.165) is 38.9 Å². The number of carboxylic acids is 2. The van der Waals surface area contributed by atoms with Crippen molar-refractivity contribution in [3.8, 4) is 0 Å². The molecule has 5 aromatic rings. The summed E-state index contributed by atoms with van der Waals surface area (Å²) in [7, 11) is 0. The molecule has 0 unspecified atom stereocenters. The maximum absolute atomic E-state index is 14.2. The first-order valence-corrected chi connectivity index (χ1v) is 14.9. The van der Waals surface area contributed by atoms with E-state index in [1.54, 1.807) is 13.0 Å². The number of hydrogen-bond acceptors (Lipinski definition) is 6. The molecule has 0 aliphatic rings. The Labute approximate surface area is 269 Å². The van der Waals surface area contributed by atoms with E-state index < -0.39 is 11.9 Å². The van der Waals surface area contributed by atoms with Crippen LogP contribution in [0.5, 0.6) is 0 Å². The van der Waals surface area contributed by atoms with Crippen molar-refractivity contribution >= 4 is 56.1 Å². The normalized spacial score (nSPS) is 11.3.